The number of carbonyl (C=O) groups is 1. The molecule has 1 atom stereocenters. The summed E-state index contributed by atoms with van der Waals surface area (Å²) in [4.78, 5) is 14.8. The van der Waals surface area contributed by atoms with E-state index >= 15 is 0 Å². The molecule has 5 nitrogen and oxygen atoms in total. The highest BCUT2D eigenvalue weighted by atomic mass is 35.5. The summed E-state index contributed by atoms with van der Waals surface area (Å²) in [5.74, 6) is 0.769. The monoisotopic (exact) mass is 404 g/mol. The zero-order valence-corrected chi connectivity index (χ0v) is 17.8. The molecule has 6 heteroatoms. The van der Waals surface area contributed by atoms with Crippen molar-refractivity contribution in [2.45, 2.75) is 26.3 Å². The van der Waals surface area contributed by atoms with Gasteiger partial charge in [-0.2, -0.15) is 0 Å². The van der Waals surface area contributed by atoms with E-state index in [1.807, 2.05) is 46.1 Å². The summed E-state index contributed by atoms with van der Waals surface area (Å²) in [6, 6.07) is 13.5. The first-order chi connectivity index (χ1) is 13.5. The highest BCUT2D eigenvalue weighted by molar-refractivity contribution is 6.32. The van der Waals surface area contributed by atoms with Crippen LogP contribution in [0.1, 0.15) is 42.2 Å². The van der Waals surface area contributed by atoms with Crippen molar-refractivity contribution in [3.05, 3.63) is 58.6 Å². The molecule has 0 fully saturated rings. The summed E-state index contributed by atoms with van der Waals surface area (Å²) >= 11 is 6.37. The Kier molecular flexibility index (Phi) is 8.61. The Morgan fingerprint density at radius 1 is 1.14 bits per heavy atom. The molecule has 0 spiro atoms. The van der Waals surface area contributed by atoms with Crippen LogP contribution in [0.2, 0.25) is 5.02 Å². The maximum Gasteiger partial charge on any atom is 0.251 e. The Balaban J connectivity index is 2.16. The number of nitrogens with one attached hydrogen (secondary N) is 1. The fourth-order valence-electron chi connectivity index (χ4n) is 2.87. The van der Waals surface area contributed by atoms with Crippen LogP contribution < -0.4 is 14.8 Å². The van der Waals surface area contributed by atoms with Crippen molar-refractivity contribution in [3.63, 3.8) is 0 Å². The van der Waals surface area contributed by atoms with Crippen LogP contribution in [-0.2, 0) is 0 Å². The van der Waals surface area contributed by atoms with Crippen LogP contribution in [0.15, 0.2) is 42.5 Å². The number of carbonyl (C=O) groups excluding carboxylic acids is 1. The second-order valence-electron chi connectivity index (χ2n) is 6.67. The zero-order valence-electron chi connectivity index (χ0n) is 17.0. The highest BCUT2D eigenvalue weighted by Crippen LogP contribution is 2.36. The molecule has 0 aliphatic heterocycles. The van der Waals surface area contributed by atoms with Crippen LogP contribution in [0.4, 0.5) is 0 Å². The molecule has 2 aromatic carbocycles. The first-order valence-electron chi connectivity index (χ1n) is 9.56. The lowest BCUT2D eigenvalue weighted by atomic mass is 10.1. The normalized spacial score (nSPS) is 11.9. The van der Waals surface area contributed by atoms with Crippen LogP contribution in [0.3, 0.4) is 0 Å². The van der Waals surface area contributed by atoms with Crippen LogP contribution in [-0.4, -0.2) is 44.7 Å². The Labute approximate surface area is 172 Å². The molecule has 152 valence electrons. The minimum Gasteiger partial charge on any atom is -0.490 e. The fourth-order valence-corrected chi connectivity index (χ4v) is 3.14. The molecular formula is C22H29ClN2O3. The third kappa shape index (κ3) is 5.88. The van der Waals surface area contributed by atoms with E-state index in [0.717, 1.165) is 12.0 Å². The van der Waals surface area contributed by atoms with Gasteiger partial charge in [-0.1, -0.05) is 48.9 Å². The Bertz CT molecular complexity index is 766. The van der Waals surface area contributed by atoms with Gasteiger partial charge < -0.3 is 19.7 Å². The number of halogens is 1. The predicted molar refractivity (Wildman–Crippen MR) is 114 cm³/mol. The van der Waals surface area contributed by atoms with E-state index in [4.69, 9.17) is 21.1 Å². The van der Waals surface area contributed by atoms with Gasteiger partial charge in [0.15, 0.2) is 11.5 Å². The van der Waals surface area contributed by atoms with E-state index in [-0.39, 0.29) is 11.9 Å². The Morgan fingerprint density at radius 2 is 1.86 bits per heavy atom. The zero-order chi connectivity index (χ0) is 20.5. The number of hydrogen-bond acceptors (Lipinski definition) is 4. The number of nitrogens with zero attached hydrogens (tertiary/aromatic N) is 1. The van der Waals surface area contributed by atoms with Crippen LogP contribution in [0.25, 0.3) is 0 Å². The van der Waals surface area contributed by atoms with Gasteiger partial charge in [0.1, 0.15) is 0 Å². The molecule has 0 bridgehead atoms. The summed E-state index contributed by atoms with van der Waals surface area (Å²) in [6.45, 7) is 5.37. The van der Waals surface area contributed by atoms with E-state index in [9.17, 15) is 4.79 Å². The van der Waals surface area contributed by atoms with Crippen molar-refractivity contribution in [3.8, 4) is 11.5 Å². The number of rotatable bonds is 10. The Morgan fingerprint density at radius 3 is 2.46 bits per heavy atom. The second-order valence-corrected chi connectivity index (χ2v) is 7.07. The van der Waals surface area contributed by atoms with Crippen molar-refractivity contribution in [2.24, 2.45) is 0 Å². The van der Waals surface area contributed by atoms with Crippen LogP contribution >= 0.6 is 11.6 Å². The van der Waals surface area contributed by atoms with E-state index in [0.29, 0.717) is 41.8 Å². The molecule has 0 aliphatic rings. The summed E-state index contributed by atoms with van der Waals surface area (Å²) < 4.78 is 11.3. The highest BCUT2D eigenvalue weighted by Gasteiger charge is 2.19. The lowest BCUT2D eigenvalue weighted by Gasteiger charge is -2.25. The molecule has 0 aliphatic carbocycles. The average molecular weight is 405 g/mol. The summed E-state index contributed by atoms with van der Waals surface area (Å²) in [5.41, 5.74) is 1.59. The lowest BCUT2D eigenvalue weighted by Crippen LogP contribution is -2.34. The van der Waals surface area contributed by atoms with E-state index < -0.39 is 0 Å². The standard InChI is InChI=1S/C22H29ClN2O3/c1-5-12-28-21-18(23)13-17(14-20(21)27-6-2)22(26)24-15-19(25(3)4)16-10-8-7-9-11-16/h7-11,13-14,19H,5-6,12,15H2,1-4H3,(H,24,26). The lowest BCUT2D eigenvalue weighted by molar-refractivity contribution is 0.0941. The summed E-state index contributed by atoms with van der Waals surface area (Å²) in [5, 5.41) is 3.37. The summed E-state index contributed by atoms with van der Waals surface area (Å²) in [7, 11) is 3.99. The first kappa shape index (κ1) is 22.1. The van der Waals surface area contributed by atoms with Crippen molar-refractivity contribution in [2.75, 3.05) is 33.9 Å². The molecule has 0 saturated carbocycles. The second kappa shape index (κ2) is 10.9. The largest absolute Gasteiger partial charge is 0.490 e. The molecule has 1 amide bonds. The fraction of sp³-hybridized carbons (Fsp3) is 0.409. The van der Waals surface area contributed by atoms with Crippen molar-refractivity contribution in [1.29, 1.82) is 0 Å². The van der Waals surface area contributed by atoms with Crippen LogP contribution in [0.5, 0.6) is 11.5 Å². The molecule has 2 aromatic rings. The van der Waals surface area contributed by atoms with Gasteiger partial charge in [-0.3, -0.25) is 4.79 Å². The van der Waals surface area contributed by atoms with Gasteiger partial charge in [-0.25, -0.2) is 0 Å². The number of hydrogen-bond donors (Lipinski definition) is 1. The molecule has 0 heterocycles. The average Bonchev–Trinajstić information content (AvgIpc) is 2.68. The van der Waals surface area contributed by atoms with Gasteiger partial charge in [0.25, 0.3) is 5.91 Å². The number of ether oxygens (including phenoxy) is 2. The van der Waals surface area contributed by atoms with Crippen molar-refractivity contribution in [1.82, 2.24) is 10.2 Å². The van der Waals surface area contributed by atoms with Gasteiger partial charge in [0.2, 0.25) is 0 Å². The third-order valence-electron chi connectivity index (χ3n) is 4.29. The third-order valence-corrected chi connectivity index (χ3v) is 4.57. The van der Waals surface area contributed by atoms with Gasteiger partial charge in [0.05, 0.1) is 24.3 Å². The minimum atomic E-state index is -0.201. The molecule has 28 heavy (non-hydrogen) atoms. The molecule has 1 N–H and O–H groups in total. The maximum absolute atomic E-state index is 12.8. The smallest absolute Gasteiger partial charge is 0.251 e. The number of benzene rings is 2. The number of likely N-dealkylation sites (N-methyl/N-ethyl adjacent to an activating group) is 1. The topological polar surface area (TPSA) is 50.8 Å². The quantitative estimate of drug-likeness (QED) is 0.630. The van der Waals surface area contributed by atoms with Crippen molar-refractivity contribution >= 4 is 17.5 Å². The predicted octanol–water partition coefficient (Wildman–Crippen LogP) is 4.56. The van der Waals surface area contributed by atoms with Gasteiger partial charge in [0, 0.05) is 12.1 Å². The van der Waals surface area contributed by atoms with E-state index in [1.165, 1.54) is 0 Å². The molecular weight excluding hydrogens is 376 g/mol. The molecule has 0 aromatic heterocycles. The van der Waals surface area contributed by atoms with Gasteiger partial charge in [-0.15, -0.1) is 0 Å². The van der Waals surface area contributed by atoms with Gasteiger partial charge in [-0.05, 0) is 45.1 Å². The number of amides is 1. The van der Waals surface area contributed by atoms with Gasteiger partial charge >= 0.3 is 0 Å². The van der Waals surface area contributed by atoms with Crippen molar-refractivity contribution < 1.29 is 14.3 Å². The molecule has 1 unspecified atom stereocenters. The Hall–Kier alpha value is -2.24. The van der Waals surface area contributed by atoms with Crippen LogP contribution in [0, 0.1) is 0 Å². The molecule has 2 rings (SSSR count). The van der Waals surface area contributed by atoms with E-state index in [2.05, 4.69) is 22.3 Å². The SMILES string of the molecule is CCCOc1c(Cl)cc(C(=O)NCC(c2ccccc2)N(C)C)cc1OCC. The molecule has 0 radical (unpaired) electrons. The first-order valence-corrected chi connectivity index (χ1v) is 9.94. The summed E-state index contributed by atoms with van der Waals surface area (Å²) in [6.07, 6.45) is 0.857. The minimum absolute atomic E-state index is 0.0687. The maximum atomic E-state index is 12.8. The van der Waals surface area contributed by atoms with E-state index in [1.54, 1.807) is 12.1 Å². The molecule has 0 saturated heterocycles.